The van der Waals surface area contributed by atoms with Gasteiger partial charge in [-0.05, 0) is 30.4 Å². The first-order valence-electron chi connectivity index (χ1n) is 7.22. The summed E-state index contributed by atoms with van der Waals surface area (Å²) in [6.07, 6.45) is 3.29. The van der Waals surface area contributed by atoms with Crippen molar-refractivity contribution in [3.05, 3.63) is 23.8 Å². The number of carbonyl (C=O) groups is 1. The van der Waals surface area contributed by atoms with Crippen LogP contribution in [0.1, 0.15) is 43.5 Å². The molecule has 0 aromatic heterocycles. The van der Waals surface area contributed by atoms with E-state index in [9.17, 15) is 4.79 Å². The number of rotatable bonds is 3. The summed E-state index contributed by atoms with van der Waals surface area (Å²) in [7, 11) is 1.57. The molecule has 110 valence electrons. The summed E-state index contributed by atoms with van der Waals surface area (Å²) >= 11 is 0. The van der Waals surface area contributed by atoms with Crippen LogP contribution < -0.4 is 10.5 Å². The first kappa shape index (κ1) is 14.7. The first-order valence-corrected chi connectivity index (χ1v) is 7.22. The van der Waals surface area contributed by atoms with E-state index in [0.29, 0.717) is 22.4 Å². The van der Waals surface area contributed by atoms with Crippen LogP contribution in [0.5, 0.6) is 5.75 Å². The van der Waals surface area contributed by atoms with Gasteiger partial charge in [0.25, 0.3) is 5.91 Å². The molecule has 2 N–H and O–H groups in total. The van der Waals surface area contributed by atoms with Gasteiger partial charge in [0, 0.05) is 24.8 Å². The van der Waals surface area contributed by atoms with E-state index < -0.39 is 0 Å². The third kappa shape index (κ3) is 2.89. The van der Waals surface area contributed by atoms with E-state index in [4.69, 9.17) is 10.5 Å². The van der Waals surface area contributed by atoms with Crippen molar-refractivity contribution >= 4 is 11.6 Å². The van der Waals surface area contributed by atoms with E-state index in [1.165, 1.54) is 6.42 Å². The molecule has 0 radical (unpaired) electrons. The Kier molecular flexibility index (Phi) is 4.21. The Bertz CT molecular complexity index is 491. The molecule has 1 aromatic rings. The largest absolute Gasteiger partial charge is 0.496 e. The average Bonchev–Trinajstić information content (AvgIpc) is 2.47. The quantitative estimate of drug-likeness (QED) is 0.864. The molecule has 0 aliphatic carbocycles. The lowest BCUT2D eigenvalue weighted by molar-refractivity contribution is 0.0597. The summed E-state index contributed by atoms with van der Waals surface area (Å²) in [4.78, 5) is 14.5. The minimum Gasteiger partial charge on any atom is -0.496 e. The third-order valence-corrected chi connectivity index (χ3v) is 4.57. The molecule has 0 spiro atoms. The maximum absolute atomic E-state index is 12.6. The number of carbonyl (C=O) groups excluding carboxylic acids is 1. The first-order chi connectivity index (χ1) is 9.49. The van der Waals surface area contributed by atoms with Gasteiger partial charge in [0.05, 0.1) is 12.7 Å². The lowest BCUT2D eigenvalue weighted by atomic mass is 9.78. The second-order valence-electron chi connectivity index (χ2n) is 5.92. The maximum Gasteiger partial charge on any atom is 0.257 e. The number of nitrogens with zero attached hydrogens (tertiary/aromatic N) is 1. The van der Waals surface area contributed by atoms with E-state index in [2.05, 4.69) is 13.8 Å². The fraction of sp³-hybridized carbons (Fsp3) is 0.562. The molecule has 0 saturated carbocycles. The van der Waals surface area contributed by atoms with Crippen LogP contribution in [-0.4, -0.2) is 31.0 Å². The van der Waals surface area contributed by atoms with Gasteiger partial charge in [0.2, 0.25) is 0 Å². The van der Waals surface area contributed by atoms with Crippen LogP contribution in [0.2, 0.25) is 0 Å². The predicted octanol–water partition coefficient (Wildman–Crippen LogP) is 2.93. The molecule has 1 saturated heterocycles. The number of anilines is 1. The van der Waals surface area contributed by atoms with Crippen LogP contribution in [0, 0.1) is 5.41 Å². The number of nitrogens with two attached hydrogens (primary N) is 1. The van der Waals surface area contributed by atoms with Gasteiger partial charge in [-0.2, -0.15) is 0 Å². The smallest absolute Gasteiger partial charge is 0.257 e. The van der Waals surface area contributed by atoms with Crippen molar-refractivity contribution in [3.8, 4) is 5.75 Å². The molecule has 0 atom stereocenters. The molecular formula is C16H24N2O2. The van der Waals surface area contributed by atoms with Gasteiger partial charge in [0.15, 0.2) is 0 Å². The Morgan fingerprint density at radius 3 is 2.60 bits per heavy atom. The highest BCUT2D eigenvalue weighted by molar-refractivity contribution is 5.97. The summed E-state index contributed by atoms with van der Waals surface area (Å²) in [6, 6.07) is 5.20. The van der Waals surface area contributed by atoms with E-state index >= 15 is 0 Å². The standard InChI is InChI=1S/C16H24N2O2/c1-4-16(2)7-9-18(10-8-16)15(19)13-6-5-12(17)11-14(13)20-3/h5-6,11H,4,7-10,17H2,1-3H3. The Labute approximate surface area is 120 Å². The van der Waals surface area contributed by atoms with Crippen molar-refractivity contribution in [2.24, 2.45) is 5.41 Å². The zero-order valence-electron chi connectivity index (χ0n) is 12.6. The minimum absolute atomic E-state index is 0.0417. The minimum atomic E-state index is 0.0417. The van der Waals surface area contributed by atoms with Crippen LogP contribution in [0.15, 0.2) is 18.2 Å². The Balaban J connectivity index is 2.13. The molecule has 4 heteroatoms. The summed E-state index contributed by atoms with van der Waals surface area (Å²) in [5.74, 6) is 0.596. The van der Waals surface area contributed by atoms with Gasteiger partial charge in [-0.25, -0.2) is 0 Å². The fourth-order valence-electron chi connectivity index (χ4n) is 2.66. The van der Waals surface area contributed by atoms with Crippen LogP contribution in [-0.2, 0) is 0 Å². The van der Waals surface area contributed by atoms with Gasteiger partial charge >= 0.3 is 0 Å². The van der Waals surface area contributed by atoms with E-state index in [-0.39, 0.29) is 5.91 Å². The second kappa shape index (κ2) is 5.73. The highest BCUT2D eigenvalue weighted by atomic mass is 16.5. The van der Waals surface area contributed by atoms with E-state index in [1.807, 2.05) is 4.90 Å². The van der Waals surface area contributed by atoms with Gasteiger partial charge in [0.1, 0.15) is 5.75 Å². The number of methoxy groups -OCH3 is 1. The molecule has 1 aliphatic heterocycles. The SMILES string of the molecule is CCC1(C)CCN(C(=O)c2ccc(N)cc2OC)CC1. The Hall–Kier alpha value is -1.71. The monoisotopic (exact) mass is 276 g/mol. The molecule has 1 heterocycles. The summed E-state index contributed by atoms with van der Waals surface area (Å²) < 4.78 is 5.27. The van der Waals surface area contributed by atoms with E-state index in [0.717, 1.165) is 25.9 Å². The van der Waals surface area contributed by atoms with E-state index in [1.54, 1.807) is 25.3 Å². The fourth-order valence-corrected chi connectivity index (χ4v) is 2.66. The number of amides is 1. The molecule has 0 bridgehead atoms. The molecule has 4 nitrogen and oxygen atoms in total. The Morgan fingerprint density at radius 1 is 1.40 bits per heavy atom. The summed E-state index contributed by atoms with van der Waals surface area (Å²) in [5.41, 5.74) is 7.31. The highest BCUT2D eigenvalue weighted by Gasteiger charge is 2.31. The zero-order chi connectivity index (χ0) is 14.8. The van der Waals surface area contributed by atoms with Crippen molar-refractivity contribution in [3.63, 3.8) is 0 Å². The van der Waals surface area contributed by atoms with Gasteiger partial charge in [-0.15, -0.1) is 0 Å². The summed E-state index contributed by atoms with van der Waals surface area (Å²) in [5, 5.41) is 0. The van der Waals surface area contributed by atoms with Gasteiger partial charge < -0.3 is 15.4 Å². The topological polar surface area (TPSA) is 55.6 Å². The predicted molar refractivity (Wildman–Crippen MR) is 80.9 cm³/mol. The zero-order valence-corrected chi connectivity index (χ0v) is 12.6. The van der Waals surface area contributed by atoms with Crippen LogP contribution in [0.4, 0.5) is 5.69 Å². The highest BCUT2D eigenvalue weighted by Crippen LogP contribution is 2.35. The molecule has 20 heavy (non-hydrogen) atoms. The number of benzene rings is 1. The van der Waals surface area contributed by atoms with Crippen molar-refractivity contribution in [1.82, 2.24) is 4.90 Å². The number of piperidine rings is 1. The number of nitrogen functional groups attached to an aromatic ring is 1. The normalized spacial score (nSPS) is 17.9. The average molecular weight is 276 g/mol. The van der Waals surface area contributed by atoms with Crippen LogP contribution >= 0.6 is 0 Å². The summed E-state index contributed by atoms with van der Waals surface area (Å²) in [6.45, 7) is 6.16. The van der Waals surface area contributed by atoms with Crippen molar-refractivity contribution in [2.45, 2.75) is 33.1 Å². The number of hydrogen-bond donors (Lipinski definition) is 1. The van der Waals surface area contributed by atoms with Crippen LogP contribution in [0.3, 0.4) is 0 Å². The lowest BCUT2D eigenvalue weighted by Gasteiger charge is -2.39. The van der Waals surface area contributed by atoms with Gasteiger partial charge in [-0.1, -0.05) is 20.3 Å². The molecule has 1 amide bonds. The lowest BCUT2D eigenvalue weighted by Crippen LogP contribution is -2.42. The number of ether oxygens (including phenoxy) is 1. The molecule has 1 aromatic carbocycles. The van der Waals surface area contributed by atoms with Crippen molar-refractivity contribution in [1.29, 1.82) is 0 Å². The Morgan fingerprint density at radius 2 is 2.05 bits per heavy atom. The molecular weight excluding hydrogens is 252 g/mol. The molecule has 2 rings (SSSR count). The molecule has 1 aliphatic rings. The van der Waals surface area contributed by atoms with Crippen molar-refractivity contribution < 1.29 is 9.53 Å². The van der Waals surface area contributed by atoms with Crippen LogP contribution in [0.25, 0.3) is 0 Å². The maximum atomic E-state index is 12.6. The number of likely N-dealkylation sites (tertiary alicyclic amines) is 1. The molecule has 1 fully saturated rings. The molecule has 0 unspecified atom stereocenters. The second-order valence-corrected chi connectivity index (χ2v) is 5.92. The third-order valence-electron chi connectivity index (χ3n) is 4.57. The number of hydrogen-bond acceptors (Lipinski definition) is 3. The van der Waals surface area contributed by atoms with Crippen molar-refractivity contribution in [2.75, 3.05) is 25.9 Å². The van der Waals surface area contributed by atoms with Gasteiger partial charge in [-0.3, -0.25) is 4.79 Å².